The molecule has 0 saturated carbocycles. The van der Waals surface area contributed by atoms with Gasteiger partial charge >= 0.3 is 6.18 Å². The molecular weight excluding hydrogens is 269 g/mol. The van der Waals surface area contributed by atoms with Crippen molar-refractivity contribution in [2.24, 2.45) is 0 Å². The minimum absolute atomic E-state index is 0.134. The van der Waals surface area contributed by atoms with Gasteiger partial charge in [0.25, 0.3) is 0 Å². The van der Waals surface area contributed by atoms with Crippen LogP contribution in [0.1, 0.15) is 12.7 Å². The molecule has 1 atom stereocenters. The summed E-state index contributed by atoms with van der Waals surface area (Å²) in [4.78, 5) is 18.3. The second-order valence-corrected chi connectivity index (χ2v) is 4.76. The number of rotatable bonds is 1. The zero-order valence-electron chi connectivity index (χ0n) is 9.73. The first-order valence-electron chi connectivity index (χ1n) is 5.23. The lowest BCUT2D eigenvalue weighted by atomic mass is 10.2. The fourth-order valence-corrected chi connectivity index (χ4v) is 2.52. The smallest absolute Gasteiger partial charge is 0.342 e. The van der Waals surface area contributed by atoms with Crippen LogP contribution in [0.5, 0.6) is 0 Å². The van der Waals surface area contributed by atoms with Crippen molar-refractivity contribution < 1.29 is 18.0 Å². The number of hydrogen-bond donors (Lipinski definition) is 0. The van der Waals surface area contributed by atoms with Crippen molar-refractivity contribution in [1.82, 2.24) is 14.3 Å². The van der Waals surface area contributed by atoms with E-state index in [9.17, 15) is 18.0 Å². The quantitative estimate of drug-likeness (QED) is 0.776. The third-order valence-corrected chi connectivity index (χ3v) is 3.55. The molecule has 9 heteroatoms. The van der Waals surface area contributed by atoms with Gasteiger partial charge in [-0.2, -0.15) is 22.5 Å². The van der Waals surface area contributed by atoms with Crippen LogP contribution in [-0.2, 0) is 11.0 Å². The highest BCUT2D eigenvalue weighted by Gasteiger charge is 2.38. The van der Waals surface area contributed by atoms with Gasteiger partial charge in [-0.25, -0.2) is 0 Å². The van der Waals surface area contributed by atoms with Crippen molar-refractivity contribution in [3.05, 3.63) is 5.82 Å². The second-order valence-electron chi connectivity index (χ2n) is 4.03. The van der Waals surface area contributed by atoms with Gasteiger partial charge in [-0.05, 0) is 6.92 Å². The SMILES string of the molecule is CC1C(=O)N(C)CCN1c1nc(C(F)(F)F)ns1. The molecule has 1 aliphatic rings. The molecule has 1 unspecified atom stereocenters. The Hall–Kier alpha value is -1.38. The number of halogens is 3. The lowest BCUT2D eigenvalue weighted by Crippen LogP contribution is -2.54. The van der Waals surface area contributed by atoms with E-state index in [1.54, 1.807) is 23.8 Å². The zero-order valence-corrected chi connectivity index (χ0v) is 10.5. The molecule has 0 spiro atoms. The van der Waals surface area contributed by atoms with Gasteiger partial charge in [0.1, 0.15) is 6.04 Å². The summed E-state index contributed by atoms with van der Waals surface area (Å²) in [5, 5.41) is 0.135. The summed E-state index contributed by atoms with van der Waals surface area (Å²) in [6.07, 6.45) is -4.55. The van der Waals surface area contributed by atoms with Crippen LogP contribution in [0, 0.1) is 0 Å². The summed E-state index contributed by atoms with van der Waals surface area (Å²) < 4.78 is 40.5. The van der Waals surface area contributed by atoms with Gasteiger partial charge in [-0.15, -0.1) is 0 Å². The van der Waals surface area contributed by atoms with E-state index in [4.69, 9.17) is 0 Å². The molecule has 18 heavy (non-hydrogen) atoms. The van der Waals surface area contributed by atoms with E-state index in [-0.39, 0.29) is 11.0 Å². The largest absolute Gasteiger partial charge is 0.452 e. The lowest BCUT2D eigenvalue weighted by molar-refractivity contribution is -0.144. The predicted octanol–water partition coefficient (Wildman–Crippen LogP) is 1.22. The van der Waals surface area contributed by atoms with Crippen LogP contribution in [0.25, 0.3) is 0 Å². The molecule has 0 N–H and O–H groups in total. The van der Waals surface area contributed by atoms with Gasteiger partial charge in [0.2, 0.25) is 16.9 Å². The Morgan fingerprint density at radius 2 is 2.06 bits per heavy atom. The average Bonchev–Trinajstić information content (AvgIpc) is 2.75. The van der Waals surface area contributed by atoms with Gasteiger partial charge in [-0.1, -0.05) is 0 Å². The average molecular weight is 280 g/mol. The van der Waals surface area contributed by atoms with Crippen LogP contribution in [0.3, 0.4) is 0 Å². The van der Waals surface area contributed by atoms with Gasteiger partial charge < -0.3 is 9.80 Å². The summed E-state index contributed by atoms with van der Waals surface area (Å²) in [5.74, 6) is -1.29. The molecule has 1 aliphatic heterocycles. The zero-order chi connectivity index (χ0) is 13.5. The van der Waals surface area contributed by atoms with Crippen LogP contribution in [0.2, 0.25) is 0 Å². The van der Waals surface area contributed by atoms with E-state index in [1.807, 2.05) is 0 Å². The number of alkyl halides is 3. The van der Waals surface area contributed by atoms with Gasteiger partial charge in [0.15, 0.2) is 0 Å². The molecule has 0 aliphatic carbocycles. The number of piperazine rings is 1. The molecule has 5 nitrogen and oxygen atoms in total. The second kappa shape index (κ2) is 4.38. The van der Waals surface area contributed by atoms with E-state index in [1.165, 1.54) is 0 Å². The lowest BCUT2D eigenvalue weighted by Gasteiger charge is -2.36. The molecule has 100 valence electrons. The van der Waals surface area contributed by atoms with E-state index in [0.717, 1.165) is 0 Å². The van der Waals surface area contributed by atoms with Crippen molar-refractivity contribution >= 4 is 22.6 Å². The Kier molecular flexibility index (Phi) is 3.18. The number of carbonyl (C=O) groups excluding carboxylic acids is 1. The Bertz CT molecular complexity index is 461. The van der Waals surface area contributed by atoms with Gasteiger partial charge in [-0.3, -0.25) is 4.79 Å². The van der Waals surface area contributed by atoms with Crippen LogP contribution in [-0.4, -0.2) is 46.3 Å². The summed E-state index contributed by atoms with van der Waals surface area (Å²) in [7, 11) is 1.66. The first-order valence-corrected chi connectivity index (χ1v) is 6.00. The summed E-state index contributed by atoms with van der Waals surface area (Å²) in [6.45, 7) is 2.56. The van der Waals surface area contributed by atoms with Crippen molar-refractivity contribution in [3.8, 4) is 0 Å². The van der Waals surface area contributed by atoms with Crippen molar-refractivity contribution in [1.29, 1.82) is 0 Å². The molecule has 1 aromatic heterocycles. The van der Waals surface area contributed by atoms with E-state index >= 15 is 0 Å². The van der Waals surface area contributed by atoms with Gasteiger partial charge in [0, 0.05) is 31.7 Å². The number of amides is 1. The maximum Gasteiger partial charge on any atom is 0.452 e. The maximum atomic E-state index is 12.4. The standard InChI is InChI=1S/C9H11F3N4OS/c1-5-6(17)15(2)3-4-16(5)8-13-7(14-18-8)9(10,11)12/h5H,3-4H2,1-2H3. The van der Waals surface area contributed by atoms with Gasteiger partial charge in [0.05, 0.1) is 0 Å². The monoisotopic (exact) mass is 280 g/mol. The van der Waals surface area contributed by atoms with Crippen molar-refractivity contribution in [2.75, 3.05) is 25.0 Å². The Morgan fingerprint density at radius 3 is 2.61 bits per heavy atom. The highest BCUT2D eigenvalue weighted by atomic mass is 32.1. The fraction of sp³-hybridized carbons (Fsp3) is 0.667. The molecular formula is C9H11F3N4OS. The highest BCUT2D eigenvalue weighted by Crippen LogP contribution is 2.31. The topological polar surface area (TPSA) is 49.3 Å². The Labute approximate surface area is 105 Å². The Balaban J connectivity index is 2.22. The molecule has 1 saturated heterocycles. The van der Waals surface area contributed by atoms with E-state index < -0.39 is 18.0 Å². The number of hydrogen-bond acceptors (Lipinski definition) is 5. The molecule has 1 amide bonds. The molecule has 0 bridgehead atoms. The molecule has 0 aromatic carbocycles. The summed E-state index contributed by atoms with van der Waals surface area (Å²) in [5.41, 5.74) is 0. The maximum absolute atomic E-state index is 12.4. The first kappa shape index (κ1) is 13.1. The van der Waals surface area contributed by atoms with Crippen LogP contribution in [0.15, 0.2) is 0 Å². The molecule has 2 rings (SSSR count). The number of likely N-dealkylation sites (N-methyl/N-ethyl adjacent to an activating group) is 1. The molecule has 2 heterocycles. The molecule has 0 radical (unpaired) electrons. The predicted molar refractivity (Wildman–Crippen MR) is 59.4 cm³/mol. The fourth-order valence-electron chi connectivity index (χ4n) is 1.72. The molecule has 1 fully saturated rings. The van der Waals surface area contributed by atoms with Crippen LogP contribution >= 0.6 is 11.5 Å². The van der Waals surface area contributed by atoms with E-state index in [0.29, 0.717) is 24.6 Å². The normalized spacial score (nSPS) is 21.6. The van der Waals surface area contributed by atoms with Crippen LogP contribution in [0.4, 0.5) is 18.3 Å². The first-order chi connectivity index (χ1) is 8.30. The van der Waals surface area contributed by atoms with Crippen molar-refractivity contribution in [3.63, 3.8) is 0 Å². The highest BCUT2D eigenvalue weighted by molar-refractivity contribution is 7.09. The number of anilines is 1. The van der Waals surface area contributed by atoms with Crippen LogP contribution < -0.4 is 4.90 Å². The summed E-state index contributed by atoms with van der Waals surface area (Å²) >= 11 is 0.664. The number of carbonyl (C=O) groups is 1. The number of nitrogens with zero attached hydrogens (tertiary/aromatic N) is 4. The third kappa shape index (κ3) is 2.26. The minimum atomic E-state index is -4.55. The van der Waals surface area contributed by atoms with Crippen molar-refractivity contribution in [2.45, 2.75) is 19.1 Å². The van der Waals surface area contributed by atoms with E-state index in [2.05, 4.69) is 9.36 Å². The Morgan fingerprint density at radius 1 is 1.39 bits per heavy atom. The number of aromatic nitrogens is 2. The third-order valence-electron chi connectivity index (χ3n) is 2.79. The minimum Gasteiger partial charge on any atom is -0.342 e. The molecule has 1 aromatic rings. The summed E-state index contributed by atoms with van der Waals surface area (Å²) in [6, 6.07) is -0.516.